The van der Waals surface area contributed by atoms with Crippen LogP contribution in [0.2, 0.25) is 0 Å². The summed E-state index contributed by atoms with van der Waals surface area (Å²) in [5.41, 5.74) is 0.935. The Morgan fingerprint density at radius 3 is 2.03 bits per heavy atom. The second-order valence-corrected chi connectivity index (χ2v) is 9.35. The van der Waals surface area contributed by atoms with E-state index in [4.69, 9.17) is 4.74 Å². The molecule has 0 atom stereocenters. The van der Waals surface area contributed by atoms with Gasteiger partial charge in [-0.3, -0.25) is 9.52 Å². The monoisotopic (exact) mass is 451 g/mol. The first-order valence-electron chi connectivity index (χ1n) is 10.3. The Morgan fingerprint density at radius 2 is 1.41 bits per heavy atom. The maximum Gasteiger partial charge on any atom is 0.261 e. The molecule has 166 valence electrons. The van der Waals surface area contributed by atoms with E-state index in [2.05, 4.69) is 9.62 Å². The molecule has 0 spiro atoms. The van der Waals surface area contributed by atoms with Crippen LogP contribution in [0.25, 0.3) is 0 Å². The van der Waals surface area contributed by atoms with Gasteiger partial charge in [0, 0.05) is 37.4 Å². The van der Waals surface area contributed by atoms with Crippen molar-refractivity contribution in [2.75, 3.05) is 37.9 Å². The van der Waals surface area contributed by atoms with Crippen LogP contribution in [0, 0.1) is 0 Å². The molecule has 0 saturated carbocycles. The van der Waals surface area contributed by atoms with Gasteiger partial charge in [0.1, 0.15) is 11.5 Å². The summed E-state index contributed by atoms with van der Waals surface area (Å²) in [6.07, 6.45) is 0. The molecule has 1 aliphatic heterocycles. The molecule has 0 aliphatic carbocycles. The average Bonchev–Trinajstić information content (AvgIpc) is 2.80. The molecular weight excluding hydrogens is 426 g/mol. The molecule has 1 amide bonds. The zero-order valence-electron chi connectivity index (χ0n) is 17.8. The third-order valence-electron chi connectivity index (χ3n) is 5.29. The molecule has 32 heavy (non-hydrogen) atoms. The Labute approximate surface area is 188 Å². The number of likely N-dealkylation sites (N-methyl/N-ethyl adjacent to an activating group) is 1. The molecule has 0 radical (unpaired) electrons. The van der Waals surface area contributed by atoms with Crippen molar-refractivity contribution in [1.29, 1.82) is 0 Å². The fourth-order valence-corrected chi connectivity index (χ4v) is 4.46. The van der Waals surface area contributed by atoms with E-state index >= 15 is 0 Å². The molecule has 7 nitrogen and oxygen atoms in total. The van der Waals surface area contributed by atoms with Gasteiger partial charge in [0.2, 0.25) is 0 Å². The molecule has 1 heterocycles. The molecule has 1 saturated heterocycles. The third kappa shape index (κ3) is 5.27. The molecule has 1 aliphatic rings. The molecule has 1 fully saturated rings. The van der Waals surface area contributed by atoms with Gasteiger partial charge in [-0.25, -0.2) is 8.42 Å². The van der Waals surface area contributed by atoms with E-state index in [-0.39, 0.29) is 10.8 Å². The summed E-state index contributed by atoms with van der Waals surface area (Å²) in [7, 11) is -1.73. The van der Waals surface area contributed by atoms with Crippen molar-refractivity contribution in [1.82, 2.24) is 9.80 Å². The smallest absolute Gasteiger partial charge is 0.261 e. The van der Waals surface area contributed by atoms with Gasteiger partial charge in [-0.2, -0.15) is 0 Å². The summed E-state index contributed by atoms with van der Waals surface area (Å²) >= 11 is 0. The number of hydrogen-bond acceptors (Lipinski definition) is 5. The molecule has 1 N–H and O–H groups in total. The van der Waals surface area contributed by atoms with E-state index < -0.39 is 10.0 Å². The van der Waals surface area contributed by atoms with E-state index in [1.165, 1.54) is 12.1 Å². The minimum Gasteiger partial charge on any atom is -0.457 e. The number of carbonyl (C=O) groups is 1. The van der Waals surface area contributed by atoms with Gasteiger partial charge in [-0.15, -0.1) is 0 Å². The maximum atomic E-state index is 12.7. The van der Waals surface area contributed by atoms with Crippen LogP contribution in [0.3, 0.4) is 0 Å². The lowest BCUT2D eigenvalue weighted by Crippen LogP contribution is -2.47. The van der Waals surface area contributed by atoms with Gasteiger partial charge in [-0.05, 0) is 67.7 Å². The quantitative estimate of drug-likeness (QED) is 0.619. The zero-order chi connectivity index (χ0) is 22.6. The number of rotatable bonds is 6. The highest BCUT2D eigenvalue weighted by atomic mass is 32.2. The molecule has 3 aromatic carbocycles. The standard InChI is InChI=1S/C24H25N3O4S/c1-26-15-17-27(18-16-26)24(28)19-7-9-20(10-8-19)25-32(29,30)23-13-11-22(12-14-23)31-21-5-3-2-4-6-21/h2-14,25H,15-18H2,1H3. The fourth-order valence-electron chi connectivity index (χ4n) is 3.40. The van der Waals surface area contributed by atoms with Gasteiger partial charge in [-0.1, -0.05) is 18.2 Å². The summed E-state index contributed by atoms with van der Waals surface area (Å²) in [6, 6.07) is 22.0. The van der Waals surface area contributed by atoms with Gasteiger partial charge < -0.3 is 14.5 Å². The molecular formula is C24H25N3O4S. The van der Waals surface area contributed by atoms with E-state index in [1.54, 1.807) is 36.4 Å². The van der Waals surface area contributed by atoms with Gasteiger partial charge in [0.05, 0.1) is 4.90 Å². The predicted octanol–water partition coefficient (Wildman–Crippen LogP) is 3.67. The first-order valence-corrected chi connectivity index (χ1v) is 11.8. The largest absolute Gasteiger partial charge is 0.457 e. The number of para-hydroxylation sites is 1. The number of nitrogens with zero attached hydrogens (tertiary/aromatic N) is 2. The molecule has 0 aromatic heterocycles. The lowest BCUT2D eigenvalue weighted by molar-refractivity contribution is 0.0664. The van der Waals surface area contributed by atoms with Gasteiger partial charge in [0.15, 0.2) is 0 Å². The normalized spacial score (nSPS) is 14.7. The summed E-state index contributed by atoms with van der Waals surface area (Å²) < 4.78 is 33.7. The van der Waals surface area contributed by atoms with Gasteiger partial charge >= 0.3 is 0 Å². The van der Waals surface area contributed by atoms with Crippen LogP contribution < -0.4 is 9.46 Å². The van der Waals surface area contributed by atoms with Crippen LogP contribution in [0.4, 0.5) is 5.69 Å². The topological polar surface area (TPSA) is 79.0 Å². The zero-order valence-corrected chi connectivity index (χ0v) is 18.6. The van der Waals surface area contributed by atoms with Crippen LogP contribution in [0.15, 0.2) is 83.8 Å². The van der Waals surface area contributed by atoms with Crippen LogP contribution in [-0.4, -0.2) is 57.4 Å². The second-order valence-electron chi connectivity index (χ2n) is 7.66. The Morgan fingerprint density at radius 1 is 0.812 bits per heavy atom. The van der Waals surface area contributed by atoms with Crippen LogP contribution in [0.1, 0.15) is 10.4 Å². The Bertz CT molecular complexity index is 1160. The first kappa shape index (κ1) is 21.9. The fraction of sp³-hybridized carbons (Fsp3) is 0.208. The van der Waals surface area contributed by atoms with Crippen molar-refractivity contribution in [2.24, 2.45) is 0 Å². The molecule has 8 heteroatoms. The third-order valence-corrected chi connectivity index (χ3v) is 6.68. The van der Waals surface area contributed by atoms with Crippen LogP contribution in [0.5, 0.6) is 11.5 Å². The number of nitrogens with one attached hydrogen (secondary N) is 1. The second kappa shape index (κ2) is 9.42. The summed E-state index contributed by atoms with van der Waals surface area (Å²) in [4.78, 5) is 16.8. The van der Waals surface area contributed by atoms with E-state index in [0.717, 1.165) is 13.1 Å². The van der Waals surface area contributed by atoms with E-state index in [1.807, 2.05) is 42.3 Å². The lowest BCUT2D eigenvalue weighted by atomic mass is 10.1. The van der Waals surface area contributed by atoms with Crippen molar-refractivity contribution in [3.63, 3.8) is 0 Å². The number of carbonyl (C=O) groups excluding carboxylic acids is 1. The molecule has 3 aromatic rings. The maximum absolute atomic E-state index is 12.7. The Kier molecular flexibility index (Phi) is 6.43. The van der Waals surface area contributed by atoms with Crippen molar-refractivity contribution in [3.05, 3.63) is 84.4 Å². The van der Waals surface area contributed by atoms with E-state index in [0.29, 0.717) is 35.8 Å². The Hall–Kier alpha value is -3.36. The van der Waals surface area contributed by atoms with Crippen molar-refractivity contribution in [3.8, 4) is 11.5 Å². The molecule has 0 unspecified atom stereocenters. The van der Waals surface area contributed by atoms with E-state index in [9.17, 15) is 13.2 Å². The molecule has 0 bridgehead atoms. The minimum absolute atomic E-state index is 0.0403. The van der Waals surface area contributed by atoms with Crippen LogP contribution in [-0.2, 0) is 10.0 Å². The number of benzene rings is 3. The number of hydrogen-bond donors (Lipinski definition) is 1. The number of piperazine rings is 1. The summed E-state index contributed by atoms with van der Waals surface area (Å²) in [5, 5.41) is 0. The average molecular weight is 452 g/mol. The summed E-state index contributed by atoms with van der Waals surface area (Å²) in [5.74, 6) is 1.18. The van der Waals surface area contributed by atoms with Gasteiger partial charge in [0.25, 0.3) is 15.9 Å². The highest BCUT2D eigenvalue weighted by Crippen LogP contribution is 2.24. The number of sulfonamides is 1. The number of ether oxygens (including phenoxy) is 1. The lowest BCUT2D eigenvalue weighted by Gasteiger charge is -2.32. The summed E-state index contributed by atoms with van der Waals surface area (Å²) in [6.45, 7) is 3.07. The first-order chi connectivity index (χ1) is 15.4. The molecule has 4 rings (SSSR count). The van der Waals surface area contributed by atoms with Crippen LogP contribution >= 0.6 is 0 Å². The van der Waals surface area contributed by atoms with Crippen molar-refractivity contribution < 1.29 is 17.9 Å². The Balaban J connectivity index is 1.40. The highest BCUT2D eigenvalue weighted by molar-refractivity contribution is 7.92. The highest BCUT2D eigenvalue weighted by Gasteiger charge is 2.20. The predicted molar refractivity (Wildman–Crippen MR) is 124 cm³/mol. The number of anilines is 1. The van der Waals surface area contributed by atoms with Crippen molar-refractivity contribution in [2.45, 2.75) is 4.90 Å². The minimum atomic E-state index is -3.77. The number of amides is 1. The SMILES string of the molecule is CN1CCN(C(=O)c2ccc(NS(=O)(=O)c3ccc(Oc4ccccc4)cc3)cc2)CC1. The van der Waals surface area contributed by atoms with Crippen molar-refractivity contribution >= 4 is 21.6 Å².